The largest absolute Gasteiger partial charge is 0.381 e. The van der Waals surface area contributed by atoms with Crippen LogP contribution in [0.5, 0.6) is 0 Å². The first kappa shape index (κ1) is 9.88. The molecule has 3 heteroatoms. The summed E-state index contributed by atoms with van der Waals surface area (Å²) < 4.78 is 4.94. The SMILES string of the molecule is C1CCOC1.CC(C)(O)O. The lowest BCUT2D eigenvalue weighted by Crippen LogP contribution is -2.15. The molecule has 0 aromatic heterocycles. The van der Waals surface area contributed by atoms with Gasteiger partial charge in [-0.2, -0.15) is 0 Å². The summed E-state index contributed by atoms with van der Waals surface area (Å²) in [5, 5.41) is 16.2. The molecule has 0 aromatic carbocycles. The minimum absolute atomic E-state index is 1.00. The van der Waals surface area contributed by atoms with Crippen molar-refractivity contribution in [1.82, 2.24) is 0 Å². The number of rotatable bonds is 0. The highest BCUT2D eigenvalue weighted by molar-refractivity contribution is 4.43. The summed E-state index contributed by atoms with van der Waals surface area (Å²) in [5.41, 5.74) is 0. The second kappa shape index (κ2) is 4.66. The summed E-state index contributed by atoms with van der Waals surface area (Å²) in [4.78, 5) is 0. The Kier molecular flexibility index (Phi) is 4.60. The second-order valence-electron chi connectivity index (χ2n) is 2.81. The van der Waals surface area contributed by atoms with Crippen LogP contribution in [0, 0.1) is 0 Å². The molecule has 1 fully saturated rings. The van der Waals surface area contributed by atoms with Gasteiger partial charge in [-0.3, -0.25) is 0 Å². The Morgan fingerprint density at radius 2 is 1.40 bits per heavy atom. The molecule has 0 aliphatic carbocycles. The van der Waals surface area contributed by atoms with Gasteiger partial charge in [0, 0.05) is 13.2 Å². The maximum atomic E-state index is 8.08. The third kappa shape index (κ3) is 15.7. The average Bonchev–Trinajstić information content (AvgIpc) is 2.07. The zero-order chi connectivity index (χ0) is 8.04. The van der Waals surface area contributed by atoms with Crippen LogP contribution in [-0.2, 0) is 4.74 Å². The third-order valence-electron chi connectivity index (χ3n) is 0.827. The molecule has 1 heterocycles. The standard InChI is InChI=1S/C4H8O.C3H8O2/c1-2-4-5-3-1;1-3(2,4)5/h1-4H2;4-5H,1-2H3. The molecule has 0 bridgehead atoms. The highest BCUT2D eigenvalue weighted by atomic mass is 16.5. The summed E-state index contributed by atoms with van der Waals surface area (Å²) >= 11 is 0. The molecule has 10 heavy (non-hydrogen) atoms. The summed E-state index contributed by atoms with van der Waals surface area (Å²) in [6.45, 7) is 4.60. The fourth-order valence-corrected chi connectivity index (χ4v) is 0.510. The first-order valence-corrected chi connectivity index (χ1v) is 3.52. The van der Waals surface area contributed by atoms with Gasteiger partial charge in [0.1, 0.15) is 0 Å². The topological polar surface area (TPSA) is 49.7 Å². The Hall–Kier alpha value is -0.120. The lowest BCUT2D eigenvalue weighted by molar-refractivity contribution is -0.127. The van der Waals surface area contributed by atoms with E-state index in [-0.39, 0.29) is 0 Å². The van der Waals surface area contributed by atoms with E-state index in [1.165, 1.54) is 26.7 Å². The predicted molar refractivity (Wildman–Crippen MR) is 38.6 cm³/mol. The Balaban J connectivity index is 0.000000162. The molecule has 0 amide bonds. The molecule has 62 valence electrons. The average molecular weight is 148 g/mol. The Morgan fingerprint density at radius 1 is 1.10 bits per heavy atom. The summed E-state index contributed by atoms with van der Waals surface area (Å²) in [7, 11) is 0. The second-order valence-corrected chi connectivity index (χ2v) is 2.81. The minimum atomic E-state index is -1.50. The number of ether oxygens (including phenoxy) is 1. The van der Waals surface area contributed by atoms with E-state index in [9.17, 15) is 0 Å². The molecule has 0 radical (unpaired) electrons. The zero-order valence-corrected chi connectivity index (χ0v) is 6.63. The summed E-state index contributed by atoms with van der Waals surface area (Å²) in [6.07, 6.45) is 2.56. The predicted octanol–water partition coefficient (Wildman–Crippen LogP) is 0.504. The maximum Gasteiger partial charge on any atom is 0.156 e. The Bertz CT molecular complexity index is 57.8. The summed E-state index contributed by atoms with van der Waals surface area (Å²) in [5.74, 6) is -1.50. The van der Waals surface area contributed by atoms with E-state index in [0.29, 0.717) is 0 Å². The van der Waals surface area contributed by atoms with Crippen LogP contribution in [0.25, 0.3) is 0 Å². The molecule has 0 saturated carbocycles. The minimum Gasteiger partial charge on any atom is -0.381 e. The summed E-state index contributed by atoms with van der Waals surface area (Å²) in [6, 6.07) is 0. The van der Waals surface area contributed by atoms with Crippen LogP contribution in [0.15, 0.2) is 0 Å². The van der Waals surface area contributed by atoms with Gasteiger partial charge in [-0.1, -0.05) is 0 Å². The normalized spacial score (nSPS) is 18.0. The van der Waals surface area contributed by atoms with E-state index in [1.54, 1.807) is 0 Å². The van der Waals surface area contributed by atoms with Gasteiger partial charge >= 0.3 is 0 Å². The van der Waals surface area contributed by atoms with Crippen molar-refractivity contribution in [3.63, 3.8) is 0 Å². The van der Waals surface area contributed by atoms with Crippen LogP contribution in [0.3, 0.4) is 0 Å². The Labute approximate surface area is 61.6 Å². The molecule has 1 aliphatic heterocycles. The van der Waals surface area contributed by atoms with Crippen molar-refractivity contribution in [1.29, 1.82) is 0 Å². The van der Waals surface area contributed by atoms with Crippen molar-refractivity contribution in [2.24, 2.45) is 0 Å². The van der Waals surface area contributed by atoms with Crippen molar-refractivity contribution in [2.75, 3.05) is 13.2 Å². The van der Waals surface area contributed by atoms with Gasteiger partial charge in [0.25, 0.3) is 0 Å². The lowest BCUT2D eigenvalue weighted by Gasteiger charge is -2.03. The van der Waals surface area contributed by atoms with Crippen molar-refractivity contribution in [2.45, 2.75) is 32.5 Å². The number of hydrogen-bond donors (Lipinski definition) is 2. The third-order valence-corrected chi connectivity index (χ3v) is 0.827. The highest BCUT2D eigenvalue weighted by Crippen LogP contribution is 1.98. The van der Waals surface area contributed by atoms with E-state index in [1.807, 2.05) is 0 Å². The van der Waals surface area contributed by atoms with Crippen LogP contribution in [0.2, 0.25) is 0 Å². The molecule has 1 aliphatic rings. The Morgan fingerprint density at radius 3 is 1.50 bits per heavy atom. The number of hydrogen-bond acceptors (Lipinski definition) is 3. The van der Waals surface area contributed by atoms with Gasteiger partial charge in [0.15, 0.2) is 5.79 Å². The van der Waals surface area contributed by atoms with Gasteiger partial charge in [-0.05, 0) is 26.7 Å². The van der Waals surface area contributed by atoms with Crippen LogP contribution >= 0.6 is 0 Å². The molecule has 0 unspecified atom stereocenters. The maximum absolute atomic E-state index is 8.08. The quantitative estimate of drug-likeness (QED) is 0.492. The van der Waals surface area contributed by atoms with Gasteiger partial charge in [0.2, 0.25) is 0 Å². The van der Waals surface area contributed by atoms with Gasteiger partial charge in [-0.25, -0.2) is 0 Å². The molecule has 1 rings (SSSR count). The van der Waals surface area contributed by atoms with Crippen molar-refractivity contribution in [3.05, 3.63) is 0 Å². The molecule has 0 atom stereocenters. The van der Waals surface area contributed by atoms with Crippen LogP contribution in [0.4, 0.5) is 0 Å². The fraction of sp³-hybridized carbons (Fsp3) is 1.00. The molecular weight excluding hydrogens is 132 g/mol. The van der Waals surface area contributed by atoms with Crippen LogP contribution in [0.1, 0.15) is 26.7 Å². The zero-order valence-electron chi connectivity index (χ0n) is 6.63. The fourth-order valence-electron chi connectivity index (χ4n) is 0.510. The van der Waals surface area contributed by atoms with Crippen molar-refractivity contribution < 1.29 is 14.9 Å². The molecule has 0 aromatic rings. The molecular formula is C7H16O3. The first-order valence-electron chi connectivity index (χ1n) is 3.52. The van der Waals surface area contributed by atoms with Crippen molar-refractivity contribution >= 4 is 0 Å². The number of aliphatic hydroxyl groups is 2. The smallest absolute Gasteiger partial charge is 0.156 e. The van der Waals surface area contributed by atoms with E-state index in [2.05, 4.69) is 0 Å². The van der Waals surface area contributed by atoms with Gasteiger partial charge in [-0.15, -0.1) is 0 Å². The van der Waals surface area contributed by atoms with E-state index in [4.69, 9.17) is 14.9 Å². The molecule has 0 spiro atoms. The van der Waals surface area contributed by atoms with Crippen LogP contribution < -0.4 is 0 Å². The van der Waals surface area contributed by atoms with Gasteiger partial charge in [0.05, 0.1) is 0 Å². The van der Waals surface area contributed by atoms with Crippen LogP contribution in [-0.4, -0.2) is 29.2 Å². The molecule has 1 saturated heterocycles. The van der Waals surface area contributed by atoms with E-state index < -0.39 is 5.79 Å². The monoisotopic (exact) mass is 148 g/mol. The molecule has 2 N–H and O–H groups in total. The van der Waals surface area contributed by atoms with E-state index >= 15 is 0 Å². The highest BCUT2D eigenvalue weighted by Gasteiger charge is 2.00. The van der Waals surface area contributed by atoms with Crippen molar-refractivity contribution in [3.8, 4) is 0 Å². The molecule has 3 nitrogen and oxygen atoms in total. The van der Waals surface area contributed by atoms with Gasteiger partial charge < -0.3 is 14.9 Å². The van der Waals surface area contributed by atoms with E-state index in [0.717, 1.165) is 13.2 Å². The lowest BCUT2D eigenvalue weighted by atomic mass is 10.4. The first-order chi connectivity index (χ1) is 4.50.